The number of aromatic nitrogens is 4. The van der Waals surface area contributed by atoms with Gasteiger partial charge in [0.25, 0.3) is 0 Å². The van der Waals surface area contributed by atoms with Crippen molar-refractivity contribution in [2.75, 3.05) is 0 Å². The van der Waals surface area contributed by atoms with E-state index in [1.165, 1.54) is 22.2 Å². The Morgan fingerprint density at radius 2 is 2.36 bits per heavy atom. The molecule has 5 nitrogen and oxygen atoms in total. The SMILES string of the molecule is C[C@H]1CCc2sc3ncn4nc(-c5ccco5)nc4c3c2C1. The summed E-state index contributed by atoms with van der Waals surface area (Å²) >= 11 is 1.81. The predicted octanol–water partition coefficient (Wildman–Crippen LogP) is 3.72. The molecule has 0 N–H and O–H groups in total. The molecule has 0 bridgehead atoms. The first kappa shape index (κ1) is 12.3. The van der Waals surface area contributed by atoms with Crippen molar-refractivity contribution in [1.29, 1.82) is 0 Å². The summed E-state index contributed by atoms with van der Waals surface area (Å²) in [6.45, 7) is 2.32. The highest BCUT2D eigenvalue weighted by atomic mass is 32.1. The van der Waals surface area contributed by atoms with Gasteiger partial charge in [-0.2, -0.15) is 0 Å². The number of hydrogen-bond donors (Lipinski definition) is 0. The van der Waals surface area contributed by atoms with Crippen molar-refractivity contribution in [2.45, 2.75) is 26.2 Å². The molecule has 0 radical (unpaired) electrons. The molecule has 0 amide bonds. The number of thiophene rings is 1. The number of aryl methyl sites for hydroxylation is 1. The fourth-order valence-corrected chi connectivity index (χ4v) is 4.44. The number of rotatable bonds is 1. The number of hydrogen-bond acceptors (Lipinski definition) is 5. The van der Waals surface area contributed by atoms with Gasteiger partial charge in [0.2, 0.25) is 5.82 Å². The molecule has 1 atom stereocenters. The lowest BCUT2D eigenvalue weighted by Gasteiger charge is -2.17. The van der Waals surface area contributed by atoms with Crippen molar-refractivity contribution >= 4 is 27.2 Å². The Bertz CT molecular complexity index is 983. The van der Waals surface area contributed by atoms with Gasteiger partial charge in [0.05, 0.1) is 11.6 Å². The Morgan fingerprint density at radius 1 is 1.41 bits per heavy atom. The normalized spacial score (nSPS) is 18.1. The standard InChI is InChI=1S/C16H14N4OS/c1-9-4-5-12-10(7-9)13-15-18-14(11-3-2-6-21-11)19-20(15)8-17-16(13)22-12/h2-3,6,8-9H,4-5,7H2,1H3/t9-/m0/s1. The van der Waals surface area contributed by atoms with E-state index in [0.29, 0.717) is 11.6 Å². The molecule has 4 aromatic rings. The van der Waals surface area contributed by atoms with Crippen LogP contribution in [0.4, 0.5) is 0 Å². The molecule has 0 saturated heterocycles. The maximum absolute atomic E-state index is 5.42. The lowest BCUT2D eigenvalue weighted by Crippen LogP contribution is -2.09. The van der Waals surface area contributed by atoms with Crippen molar-refractivity contribution < 1.29 is 4.42 Å². The average molecular weight is 310 g/mol. The minimum Gasteiger partial charge on any atom is -0.461 e. The molecule has 0 fully saturated rings. The molecule has 6 heteroatoms. The van der Waals surface area contributed by atoms with Crippen LogP contribution in [-0.4, -0.2) is 19.6 Å². The lowest BCUT2D eigenvalue weighted by atomic mass is 9.89. The summed E-state index contributed by atoms with van der Waals surface area (Å²) in [7, 11) is 0. The summed E-state index contributed by atoms with van der Waals surface area (Å²) < 4.78 is 7.19. The summed E-state index contributed by atoms with van der Waals surface area (Å²) in [5.74, 6) is 2.02. The molecule has 0 aromatic carbocycles. The summed E-state index contributed by atoms with van der Waals surface area (Å²) in [6, 6.07) is 3.73. The molecule has 4 heterocycles. The highest BCUT2D eigenvalue weighted by Crippen LogP contribution is 2.38. The zero-order chi connectivity index (χ0) is 14.7. The van der Waals surface area contributed by atoms with Crippen LogP contribution in [-0.2, 0) is 12.8 Å². The molecular formula is C16H14N4OS. The fourth-order valence-electron chi connectivity index (χ4n) is 3.26. The molecular weight excluding hydrogens is 296 g/mol. The minimum absolute atomic E-state index is 0.614. The average Bonchev–Trinajstić information content (AvgIpc) is 3.23. The molecule has 5 rings (SSSR count). The number of furan rings is 1. The third-order valence-electron chi connectivity index (χ3n) is 4.37. The Hall–Kier alpha value is -2.21. The third kappa shape index (κ3) is 1.67. The van der Waals surface area contributed by atoms with Crippen molar-refractivity contribution in [3.05, 3.63) is 35.2 Å². The smallest absolute Gasteiger partial charge is 0.217 e. The molecule has 0 aliphatic heterocycles. The Labute approximate surface area is 130 Å². The first-order chi connectivity index (χ1) is 10.8. The monoisotopic (exact) mass is 310 g/mol. The van der Waals surface area contributed by atoms with Crippen LogP contribution >= 0.6 is 11.3 Å². The minimum atomic E-state index is 0.614. The van der Waals surface area contributed by atoms with Crippen LogP contribution in [0.25, 0.3) is 27.4 Å². The largest absolute Gasteiger partial charge is 0.461 e. The second-order valence-electron chi connectivity index (χ2n) is 5.96. The van der Waals surface area contributed by atoms with Crippen molar-refractivity contribution in [3.63, 3.8) is 0 Å². The van der Waals surface area contributed by atoms with Gasteiger partial charge in [0.15, 0.2) is 11.4 Å². The number of nitrogens with zero attached hydrogens (tertiary/aromatic N) is 4. The number of fused-ring (bicyclic) bond motifs is 5. The highest BCUT2D eigenvalue weighted by molar-refractivity contribution is 7.19. The molecule has 0 saturated carbocycles. The van der Waals surface area contributed by atoms with Crippen molar-refractivity contribution in [1.82, 2.24) is 19.6 Å². The topological polar surface area (TPSA) is 56.2 Å². The van der Waals surface area contributed by atoms with Crippen LogP contribution in [0.15, 0.2) is 29.1 Å². The molecule has 0 unspecified atom stereocenters. The first-order valence-corrected chi connectivity index (χ1v) is 8.31. The molecule has 1 aliphatic rings. The van der Waals surface area contributed by atoms with Crippen molar-refractivity contribution in [3.8, 4) is 11.6 Å². The first-order valence-electron chi connectivity index (χ1n) is 7.49. The van der Waals surface area contributed by atoms with E-state index in [4.69, 9.17) is 9.40 Å². The molecule has 4 aromatic heterocycles. The maximum Gasteiger partial charge on any atom is 0.217 e. The lowest BCUT2D eigenvalue weighted by molar-refractivity contribution is 0.508. The summed E-state index contributed by atoms with van der Waals surface area (Å²) in [5.41, 5.74) is 2.32. The Kier molecular flexibility index (Phi) is 2.47. The van der Waals surface area contributed by atoms with E-state index >= 15 is 0 Å². The molecule has 22 heavy (non-hydrogen) atoms. The zero-order valence-corrected chi connectivity index (χ0v) is 12.9. The quantitative estimate of drug-likeness (QED) is 0.537. The second kappa shape index (κ2) is 4.39. The second-order valence-corrected chi connectivity index (χ2v) is 7.04. The molecule has 1 aliphatic carbocycles. The van der Waals surface area contributed by atoms with Gasteiger partial charge in [-0.1, -0.05) is 6.92 Å². The van der Waals surface area contributed by atoms with E-state index in [1.54, 1.807) is 17.1 Å². The van der Waals surface area contributed by atoms with E-state index in [1.807, 2.05) is 23.5 Å². The van der Waals surface area contributed by atoms with Gasteiger partial charge in [-0.05, 0) is 42.9 Å². The van der Waals surface area contributed by atoms with Gasteiger partial charge in [0, 0.05) is 4.88 Å². The van der Waals surface area contributed by atoms with Gasteiger partial charge >= 0.3 is 0 Å². The van der Waals surface area contributed by atoms with Crippen LogP contribution in [0.2, 0.25) is 0 Å². The van der Waals surface area contributed by atoms with E-state index in [9.17, 15) is 0 Å². The summed E-state index contributed by atoms with van der Waals surface area (Å²) in [4.78, 5) is 11.8. The van der Waals surface area contributed by atoms with E-state index in [2.05, 4.69) is 17.0 Å². The van der Waals surface area contributed by atoms with Gasteiger partial charge in [-0.25, -0.2) is 14.5 Å². The van der Waals surface area contributed by atoms with Crippen LogP contribution in [0.5, 0.6) is 0 Å². The van der Waals surface area contributed by atoms with E-state index in [0.717, 1.165) is 29.2 Å². The maximum atomic E-state index is 5.42. The zero-order valence-electron chi connectivity index (χ0n) is 12.1. The van der Waals surface area contributed by atoms with Gasteiger partial charge in [0.1, 0.15) is 11.2 Å². The van der Waals surface area contributed by atoms with Crippen LogP contribution in [0.1, 0.15) is 23.8 Å². The van der Waals surface area contributed by atoms with Gasteiger partial charge in [-0.15, -0.1) is 16.4 Å². The predicted molar refractivity (Wildman–Crippen MR) is 85.1 cm³/mol. The van der Waals surface area contributed by atoms with E-state index in [-0.39, 0.29) is 0 Å². The van der Waals surface area contributed by atoms with Crippen LogP contribution < -0.4 is 0 Å². The Morgan fingerprint density at radius 3 is 3.23 bits per heavy atom. The van der Waals surface area contributed by atoms with Crippen LogP contribution in [0.3, 0.4) is 0 Å². The molecule has 0 spiro atoms. The highest BCUT2D eigenvalue weighted by Gasteiger charge is 2.24. The summed E-state index contributed by atoms with van der Waals surface area (Å²) in [6.07, 6.45) is 6.93. The van der Waals surface area contributed by atoms with E-state index < -0.39 is 0 Å². The van der Waals surface area contributed by atoms with Gasteiger partial charge < -0.3 is 4.42 Å². The van der Waals surface area contributed by atoms with Crippen molar-refractivity contribution in [2.24, 2.45) is 5.92 Å². The summed E-state index contributed by atoms with van der Waals surface area (Å²) in [5, 5.41) is 5.69. The third-order valence-corrected chi connectivity index (χ3v) is 5.57. The van der Waals surface area contributed by atoms with Crippen LogP contribution in [0, 0.1) is 5.92 Å². The molecule has 110 valence electrons. The fraction of sp³-hybridized carbons (Fsp3) is 0.312. The van der Waals surface area contributed by atoms with Gasteiger partial charge in [-0.3, -0.25) is 0 Å². The Balaban J connectivity index is 1.82.